The Bertz CT molecular complexity index is 499. The average Bonchev–Trinajstić information content (AvgIpc) is 2.41. The third kappa shape index (κ3) is 4.51. The second kappa shape index (κ2) is 7.00. The lowest BCUT2D eigenvalue weighted by atomic mass is 9.96. The number of nitrogens with zero attached hydrogens (tertiary/aromatic N) is 2. The van der Waals surface area contributed by atoms with E-state index in [2.05, 4.69) is 16.8 Å². The molecule has 2 rings (SSSR count). The van der Waals surface area contributed by atoms with Crippen LogP contribution in [-0.2, 0) is 6.54 Å². The third-order valence-electron chi connectivity index (χ3n) is 4.12. The molecule has 1 aromatic rings. The maximum atomic E-state index is 13.6. The van der Waals surface area contributed by atoms with Gasteiger partial charge in [-0.05, 0) is 63.6 Å². The van der Waals surface area contributed by atoms with Crippen LogP contribution in [0.1, 0.15) is 28.8 Å². The zero-order valence-electron chi connectivity index (χ0n) is 12.7. The molecule has 5 heteroatoms. The molecule has 1 aliphatic rings. The van der Waals surface area contributed by atoms with Crippen molar-refractivity contribution in [2.75, 3.05) is 33.7 Å². The van der Waals surface area contributed by atoms with Crippen molar-refractivity contribution in [2.45, 2.75) is 19.4 Å². The van der Waals surface area contributed by atoms with Gasteiger partial charge in [0.2, 0.25) is 0 Å². The highest BCUT2D eigenvalue weighted by Crippen LogP contribution is 2.18. The van der Waals surface area contributed by atoms with E-state index in [1.54, 1.807) is 6.07 Å². The summed E-state index contributed by atoms with van der Waals surface area (Å²) in [5.41, 5.74) is 0.546. The van der Waals surface area contributed by atoms with E-state index in [0.717, 1.165) is 25.2 Å². The van der Waals surface area contributed by atoms with Crippen LogP contribution < -0.4 is 0 Å². The number of piperidine rings is 1. The van der Waals surface area contributed by atoms with Crippen molar-refractivity contribution < 1.29 is 14.3 Å². The standard InChI is InChI=1S/C16H23FN2O2/c1-18-7-5-12(6-8-18)10-19(2)11-13-3-4-14(16(20)21)15(17)9-13/h3-4,9,12H,5-8,10-11H2,1-2H3,(H,20,21). The van der Waals surface area contributed by atoms with E-state index in [-0.39, 0.29) is 5.56 Å². The van der Waals surface area contributed by atoms with Gasteiger partial charge in [0, 0.05) is 13.1 Å². The second-order valence-corrected chi connectivity index (χ2v) is 6.06. The molecule has 0 atom stereocenters. The fraction of sp³-hybridized carbons (Fsp3) is 0.562. The fourth-order valence-electron chi connectivity index (χ4n) is 2.89. The molecular formula is C16H23FN2O2. The number of halogens is 1. The Morgan fingerprint density at radius 2 is 2.10 bits per heavy atom. The van der Waals surface area contributed by atoms with Gasteiger partial charge in [-0.1, -0.05) is 6.07 Å². The Hall–Kier alpha value is -1.46. The van der Waals surface area contributed by atoms with Crippen LogP contribution in [0.4, 0.5) is 4.39 Å². The summed E-state index contributed by atoms with van der Waals surface area (Å²) in [6.07, 6.45) is 2.40. The van der Waals surface area contributed by atoms with E-state index in [0.29, 0.717) is 12.5 Å². The largest absolute Gasteiger partial charge is 0.478 e. The van der Waals surface area contributed by atoms with Crippen molar-refractivity contribution >= 4 is 5.97 Å². The normalized spacial score (nSPS) is 17.3. The summed E-state index contributed by atoms with van der Waals surface area (Å²) in [5.74, 6) is -1.19. The van der Waals surface area contributed by atoms with Crippen LogP contribution in [0.15, 0.2) is 18.2 Å². The predicted molar refractivity (Wildman–Crippen MR) is 79.9 cm³/mol. The number of hydrogen-bond acceptors (Lipinski definition) is 3. The molecule has 1 aromatic carbocycles. The summed E-state index contributed by atoms with van der Waals surface area (Å²) in [6, 6.07) is 4.36. The van der Waals surface area contributed by atoms with Crippen molar-refractivity contribution in [2.24, 2.45) is 5.92 Å². The number of carbonyl (C=O) groups is 1. The molecule has 1 heterocycles. The molecule has 1 aliphatic heterocycles. The van der Waals surface area contributed by atoms with Crippen molar-refractivity contribution in [3.8, 4) is 0 Å². The highest BCUT2D eigenvalue weighted by Gasteiger charge is 2.18. The first-order chi connectivity index (χ1) is 9.95. The number of hydrogen-bond donors (Lipinski definition) is 1. The SMILES string of the molecule is CN1CCC(CN(C)Cc2ccc(C(=O)O)c(F)c2)CC1. The summed E-state index contributed by atoms with van der Waals surface area (Å²) in [5, 5.41) is 8.82. The molecular weight excluding hydrogens is 271 g/mol. The fourth-order valence-corrected chi connectivity index (χ4v) is 2.89. The predicted octanol–water partition coefficient (Wildman–Crippen LogP) is 2.30. The van der Waals surface area contributed by atoms with Gasteiger partial charge in [0.05, 0.1) is 5.56 Å². The average molecular weight is 294 g/mol. The highest BCUT2D eigenvalue weighted by atomic mass is 19.1. The van der Waals surface area contributed by atoms with Crippen LogP contribution in [-0.4, -0.2) is 54.6 Å². The Balaban J connectivity index is 1.89. The van der Waals surface area contributed by atoms with Crippen molar-refractivity contribution in [1.82, 2.24) is 9.80 Å². The van der Waals surface area contributed by atoms with Crippen LogP contribution >= 0.6 is 0 Å². The number of aromatic carboxylic acids is 1. The Kier molecular flexibility index (Phi) is 5.31. The number of rotatable bonds is 5. The van der Waals surface area contributed by atoms with E-state index < -0.39 is 11.8 Å². The lowest BCUT2D eigenvalue weighted by Gasteiger charge is -2.31. The maximum absolute atomic E-state index is 13.6. The smallest absolute Gasteiger partial charge is 0.338 e. The van der Waals surface area contributed by atoms with Gasteiger partial charge in [0.25, 0.3) is 0 Å². The highest BCUT2D eigenvalue weighted by molar-refractivity contribution is 5.87. The first-order valence-corrected chi connectivity index (χ1v) is 7.34. The zero-order chi connectivity index (χ0) is 15.4. The quantitative estimate of drug-likeness (QED) is 0.905. The van der Waals surface area contributed by atoms with Crippen molar-refractivity contribution in [3.63, 3.8) is 0 Å². The van der Waals surface area contributed by atoms with Gasteiger partial charge in [0.15, 0.2) is 0 Å². The minimum atomic E-state index is -1.22. The monoisotopic (exact) mass is 294 g/mol. The third-order valence-corrected chi connectivity index (χ3v) is 4.12. The van der Waals surface area contributed by atoms with Crippen molar-refractivity contribution in [1.29, 1.82) is 0 Å². The number of carboxylic acid groups (broad SMARTS) is 1. The van der Waals surface area contributed by atoms with Crippen LogP contribution in [0.2, 0.25) is 0 Å². The molecule has 116 valence electrons. The lowest BCUT2D eigenvalue weighted by molar-refractivity contribution is 0.0692. The van der Waals surface area contributed by atoms with Gasteiger partial charge < -0.3 is 14.9 Å². The first kappa shape index (κ1) is 15.9. The summed E-state index contributed by atoms with van der Waals surface area (Å²) in [4.78, 5) is 15.3. The van der Waals surface area contributed by atoms with Crippen molar-refractivity contribution in [3.05, 3.63) is 35.1 Å². The molecule has 1 saturated heterocycles. The summed E-state index contributed by atoms with van der Waals surface area (Å²) in [6.45, 7) is 3.92. The Morgan fingerprint density at radius 3 is 2.67 bits per heavy atom. The topological polar surface area (TPSA) is 43.8 Å². The molecule has 0 amide bonds. The molecule has 0 saturated carbocycles. The Labute approximate surface area is 125 Å². The molecule has 4 nitrogen and oxygen atoms in total. The van der Waals surface area contributed by atoms with Gasteiger partial charge in [-0.25, -0.2) is 9.18 Å². The molecule has 0 aliphatic carbocycles. The number of carboxylic acids is 1. The van der Waals surface area contributed by atoms with E-state index in [4.69, 9.17) is 5.11 Å². The van der Waals surface area contributed by atoms with E-state index in [1.165, 1.54) is 25.0 Å². The Morgan fingerprint density at radius 1 is 1.43 bits per heavy atom. The van der Waals surface area contributed by atoms with Gasteiger partial charge in [-0.2, -0.15) is 0 Å². The van der Waals surface area contributed by atoms with Gasteiger partial charge in [-0.15, -0.1) is 0 Å². The van der Waals surface area contributed by atoms with E-state index in [9.17, 15) is 9.18 Å². The van der Waals surface area contributed by atoms with Crippen LogP contribution in [0, 0.1) is 11.7 Å². The lowest BCUT2D eigenvalue weighted by Crippen LogP contribution is -2.35. The summed E-state index contributed by atoms with van der Waals surface area (Å²) < 4.78 is 13.6. The van der Waals surface area contributed by atoms with Crippen LogP contribution in [0.3, 0.4) is 0 Å². The van der Waals surface area contributed by atoms with Gasteiger partial charge >= 0.3 is 5.97 Å². The maximum Gasteiger partial charge on any atom is 0.338 e. The molecule has 0 radical (unpaired) electrons. The van der Waals surface area contributed by atoms with E-state index >= 15 is 0 Å². The summed E-state index contributed by atoms with van der Waals surface area (Å²) in [7, 11) is 4.17. The molecule has 0 spiro atoms. The molecule has 1 N–H and O–H groups in total. The summed E-state index contributed by atoms with van der Waals surface area (Å²) >= 11 is 0. The minimum Gasteiger partial charge on any atom is -0.478 e. The number of likely N-dealkylation sites (tertiary alicyclic amines) is 1. The van der Waals surface area contributed by atoms with Crippen LogP contribution in [0.5, 0.6) is 0 Å². The molecule has 0 aromatic heterocycles. The van der Waals surface area contributed by atoms with Gasteiger partial charge in [0.1, 0.15) is 5.82 Å². The minimum absolute atomic E-state index is 0.267. The molecule has 1 fully saturated rings. The molecule has 0 bridgehead atoms. The van der Waals surface area contributed by atoms with Gasteiger partial charge in [-0.3, -0.25) is 0 Å². The van der Waals surface area contributed by atoms with E-state index in [1.807, 2.05) is 7.05 Å². The second-order valence-electron chi connectivity index (χ2n) is 6.06. The van der Waals surface area contributed by atoms with Crippen LogP contribution in [0.25, 0.3) is 0 Å². The zero-order valence-corrected chi connectivity index (χ0v) is 12.7. The molecule has 21 heavy (non-hydrogen) atoms. The molecule has 0 unspecified atom stereocenters. The number of benzene rings is 1. The first-order valence-electron chi connectivity index (χ1n) is 7.34.